The lowest BCUT2D eigenvalue weighted by atomic mass is 9.95. The minimum atomic E-state index is -0.644. The molecular formula is C18H20N4O4S2. The Labute approximate surface area is 170 Å². The molecule has 2 heterocycles. The first-order valence-electron chi connectivity index (χ1n) is 8.56. The third-order valence-corrected chi connectivity index (χ3v) is 5.92. The number of benzene rings is 1. The molecule has 8 nitrogen and oxygen atoms in total. The van der Waals surface area contributed by atoms with E-state index in [2.05, 4.69) is 20.8 Å². The summed E-state index contributed by atoms with van der Waals surface area (Å²) >= 11 is 2.86. The van der Waals surface area contributed by atoms with Crippen LogP contribution in [0, 0.1) is 6.92 Å². The number of carbonyl (C=O) groups is 2. The van der Waals surface area contributed by atoms with Crippen LogP contribution >= 0.6 is 23.1 Å². The number of methoxy groups -OCH3 is 1. The van der Waals surface area contributed by atoms with Gasteiger partial charge in [-0.3, -0.25) is 0 Å². The molecule has 2 amide bonds. The van der Waals surface area contributed by atoms with E-state index in [0.717, 1.165) is 14.9 Å². The summed E-state index contributed by atoms with van der Waals surface area (Å²) in [6, 6.07) is 6.20. The molecule has 0 saturated heterocycles. The summed E-state index contributed by atoms with van der Waals surface area (Å²) in [5, 5.41) is 14.5. The van der Waals surface area contributed by atoms with Crippen molar-refractivity contribution in [2.24, 2.45) is 0 Å². The normalized spacial score (nSPS) is 16.4. The van der Waals surface area contributed by atoms with Gasteiger partial charge in [0.25, 0.3) is 0 Å². The van der Waals surface area contributed by atoms with E-state index in [1.807, 2.05) is 19.1 Å². The molecule has 0 fully saturated rings. The monoisotopic (exact) mass is 420 g/mol. The van der Waals surface area contributed by atoms with Gasteiger partial charge in [0.1, 0.15) is 10.8 Å². The van der Waals surface area contributed by atoms with Crippen molar-refractivity contribution in [2.45, 2.75) is 24.2 Å². The second-order valence-electron chi connectivity index (χ2n) is 5.80. The van der Waals surface area contributed by atoms with Crippen LogP contribution in [0.5, 0.6) is 5.75 Å². The van der Waals surface area contributed by atoms with E-state index in [9.17, 15) is 9.59 Å². The van der Waals surface area contributed by atoms with Crippen LogP contribution in [-0.4, -0.2) is 41.7 Å². The van der Waals surface area contributed by atoms with E-state index < -0.39 is 12.0 Å². The Balaban J connectivity index is 1.98. The highest BCUT2D eigenvalue weighted by atomic mass is 32.2. The van der Waals surface area contributed by atoms with Gasteiger partial charge in [-0.05, 0) is 31.5 Å². The van der Waals surface area contributed by atoms with Gasteiger partial charge in [0.2, 0.25) is 0 Å². The number of nitrogens with zero attached hydrogens (tertiary/aromatic N) is 2. The van der Waals surface area contributed by atoms with Gasteiger partial charge < -0.3 is 20.1 Å². The highest BCUT2D eigenvalue weighted by molar-refractivity contribution is 8.01. The zero-order valence-corrected chi connectivity index (χ0v) is 17.3. The van der Waals surface area contributed by atoms with Crippen molar-refractivity contribution in [3.05, 3.63) is 46.1 Å². The Kier molecular flexibility index (Phi) is 6.53. The van der Waals surface area contributed by atoms with Crippen molar-refractivity contribution in [2.75, 3.05) is 19.5 Å². The van der Waals surface area contributed by atoms with Crippen molar-refractivity contribution >= 4 is 35.1 Å². The average molecular weight is 421 g/mol. The summed E-state index contributed by atoms with van der Waals surface area (Å²) in [7, 11) is 1.56. The highest BCUT2D eigenvalue weighted by Crippen LogP contribution is 2.32. The summed E-state index contributed by atoms with van der Waals surface area (Å²) in [4.78, 5) is 25.0. The largest absolute Gasteiger partial charge is 0.497 e. The number of rotatable bonds is 7. The molecular weight excluding hydrogens is 400 g/mol. The van der Waals surface area contributed by atoms with Crippen LogP contribution in [0.15, 0.2) is 39.9 Å². The number of carbonyl (C=O) groups excluding carboxylic acids is 2. The third kappa shape index (κ3) is 4.63. The minimum Gasteiger partial charge on any atom is -0.497 e. The molecule has 0 saturated carbocycles. The molecule has 0 spiro atoms. The third-order valence-electron chi connectivity index (χ3n) is 3.92. The van der Waals surface area contributed by atoms with E-state index >= 15 is 0 Å². The Bertz CT molecular complexity index is 912. The molecule has 10 heteroatoms. The van der Waals surface area contributed by atoms with Crippen LogP contribution in [0.2, 0.25) is 0 Å². The van der Waals surface area contributed by atoms with Crippen LogP contribution in [0.4, 0.5) is 4.79 Å². The maximum absolute atomic E-state index is 12.7. The molecule has 1 aromatic heterocycles. The lowest BCUT2D eigenvalue weighted by Crippen LogP contribution is -2.46. The smallest absolute Gasteiger partial charge is 0.338 e. The molecule has 3 rings (SSSR count). The number of ether oxygens (including phenoxy) is 2. The Hall–Kier alpha value is -2.59. The molecule has 0 bridgehead atoms. The number of nitrogens with one attached hydrogen (secondary N) is 2. The molecule has 1 aromatic carbocycles. The number of hydrogen-bond acceptors (Lipinski definition) is 8. The summed E-state index contributed by atoms with van der Waals surface area (Å²) in [5.41, 5.74) is 1.59. The van der Waals surface area contributed by atoms with E-state index in [-0.39, 0.29) is 12.6 Å². The molecule has 1 unspecified atom stereocenters. The molecule has 148 valence electrons. The average Bonchev–Trinajstić information content (AvgIpc) is 3.11. The first kappa shape index (κ1) is 20.2. The molecule has 0 aliphatic carbocycles. The maximum atomic E-state index is 12.7. The summed E-state index contributed by atoms with van der Waals surface area (Å²) in [6.45, 7) is 3.85. The Morgan fingerprint density at radius 3 is 2.86 bits per heavy atom. The first-order chi connectivity index (χ1) is 13.5. The summed E-state index contributed by atoms with van der Waals surface area (Å²) in [5.74, 6) is 0.511. The van der Waals surface area contributed by atoms with Gasteiger partial charge in [0.05, 0.1) is 25.3 Å². The molecule has 0 radical (unpaired) electrons. The van der Waals surface area contributed by atoms with Crippen molar-refractivity contribution < 1.29 is 19.1 Å². The van der Waals surface area contributed by atoms with Crippen molar-refractivity contribution in [1.82, 2.24) is 20.8 Å². The quantitative estimate of drug-likeness (QED) is 0.524. The summed E-state index contributed by atoms with van der Waals surface area (Å²) < 4.78 is 11.3. The topological polar surface area (TPSA) is 102 Å². The van der Waals surface area contributed by atoms with Crippen LogP contribution in [0.25, 0.3) is 0 Å². The predicted octanol–water partition coefficient (Wildman–Crippen LogP) is 2.82. The molecule has 1 atom stereocenters. The lowest BCUT2D eigenvalue weighted by molar-refractivity contribution is -0.139. The van der Waals surface area contributed by atoms with Gasteiger partial charge in [0.15, 0.2) is 4.34 Å². The molecule has 1 aliphatic rings. The standard InChI is InChI=1S/C18H20N4O4S2/c1-4-26-16(23)14-13(9-27-18-22-21-10(2)28-18)19-17(24)20-15(14)11-6-5-7-12(8-11)25-3/h5-8,15H,4,9H2,1-3H3,(H2,19,20,24). The second-order valence-corrected chi connectivity index (χ2v) is 8.20. The predicted molar refractivity (Wildman–Crippen MR) is 106 cm³/mol. The van der Waals surface area contributed by atoms with Crippen LogP contribution in [-0.2, 0) is 9.53 Å². The van der Waals surface area contributed by atoms with Crippen molar-refractivity contribution in [3.63, 3.8) is 0 Å². The maximum Gasteiger partial charge on any atom is 0.338 e. The van der Waals surface area contributed by atoms with Crippen LogP contribution in [0.3, 0.4) is 0 Å². The van der Waals surface area contributed by atoms with Gasteiger partial charge in [0, 0.05) is 11.4 Å². The van der Waals surface area contributed by atoms with E-state index in [4.69, 9.17) is 9.47 Å². The van der Waals surface area contributed by atoms with Gasteiger partial charge >= 0.3 is 12.0 Å². The number of amides is 2. The molecule has 2 N–H and O–H groups in total. The Morgan fingerprint density at radius 1 is 1.36 bits per heavy atom. The minimum absolute atomic E-state index is 0.233. The molecule has 28 heavy (non-hydrogen) atoms. The van der Waals surface area contributed by atoms with E-state index in [1.165, 1.54) is 23.1 Å². The fraction of sp³-hybridized carbons (Fsp3) is 0.333. The van der Waals surface area contributed by atoms with E-state index in [0.29, 0.717) is 22.8 Å². The van der Waals surface area contributed by atoms with Crippen molar-refractivity contribution in [3.8, 4) is 5.75 Å². The van der Waals surface area contributed by atoms with Crippen molar-refractivity contribution in [1.29, 1.82) is 0 Å². The van der Waals surface area contributed by atoms with Gasteiger partial charge in [-0.15, -0.1) is 10.2 Å². The number of aryl methyl sites for hydroxylation is 1. The number of thioether (sulfide) groups is 1. The van der Waals surface area contributed by atoms with Gasteiger partial charge in [-0.2, -0.15) is 0 Å². The fourth-order valence-corrected chi connectivity index (χ4v) is 4.51. The SMILES string of the molecule is CCOC(=O)C1=C(CSc2nnc(C)s2)NC(=O)NC1c1cccc(OC)c1. The number of hydrogen-bond donors (Lipinski definition) is 2. The van der Waals surface area contributed by atoms with E-state index in [1.54, 1.807) is 26.2 Å². The first-order valence-corrected chi connectivity index (χ1v) is 10.4. The number of esters is 1. The summed E-state index contributed by atoms with van der Waals surface area (Å²) in [6.07, 6.45) is 0. The molecule has 1 aliphatic heterocycles. The zero-order chi connectivity index (χ0) is 20.1. The zero-order valence-electron chi connectivity index (χ0n) is 15.6. The fourth-order valence-electron chi connectivity index (χ4n) is 2.72. The lowest BCUT2D eigenvalue weighted by Gasteiger charge is -2.29. The number of urea groups is 1. The number of aromatic nitrogens is 2. The molecule has 2 aromatic rings. The Morgan fingerprint density at radius 2 is 2.18 bits per heavy atom. The second kappa shape index (κ2) is 9.07. The van der Waals surface area contributed by atoms with Crippen LogP contribution in [0.1, 0.15) is 23.5 Å². The van der Waals surface area contributed by atoms with Gasteiger partial charge in [-0.1, -0.05) is 35.2 Å². The van der Waals surface area contributed by atoms with Crippen LogP contribution < -0.4 is 15.4 Å². The van der Waals surface area contributed by atoms with Gasteiger partial charge in [-0.25, -0.2) is 9.59 Å². The highest BCUT2D eigenvalue weighted by Gasteiger charge is 2.34.